The van der Waals surface area contributed by atoms with E-state index in [4.69, 9.17) is 0 Å². The average Bonchev–Trinajstić information content (AvgIpc) is 2.22. The molecule has 0 heterocycles. The minimum absolute atomic E-state index is 0.181. The van der Waals surface area contributed by atoms with E-state index in [1.165, 1.54) is 12.1 Å². The Morgan fingerprint density at radius 1 is 1.32 bits per heavy atom. The van der Waals surface area contributed by atoms with Crippen molar-refractivity contribution in [3.8, 4) is 0 Å². The number of sulfonamides is 1. The number of rotatable bonds is 6. The molecule has 19 heavy (non-hydrogen) atoms. The van der Waals surface area contributed by atoms with E-state index in [-0.39, 0.29) is 4.90 Å². The lowest BCUT2D eigenvalue weighted by Gasteiger charge is -2.12. The quantitative estimate of drug-likeness (QED) is 0.631. The normalized spacial score (nSPS) is 13.5. The molecule has 0 saturated carbocycles. The first-order chi connectivity index (χ1) is 8.74. The molecule has 0 aliphatic heterocycles. The monoisotopic (exact) mass is 351 g/mol. The van der Waals surface area contributed by atoms with Crippen LogP contribution in [-0.4, -0.2) is 19.8 Å². The van der Waals surface area contributed by atoms with Crippen LogP contribution in [0.5, 0.6) is 0 Å². The molecule has 0 bridgehead atoms. The van der Waals surface area contributed by atoms with Crippen LogP contribution in [0.1, 0.15) is 30.9 Å². The van der Waals surface area contributed by atoms with Gasteiger partial charge in [0.25, 0.3) is 0 Å². The van der Waals surface area contributed by atoms with E-state index in [0.717, 1.165) is 12.8 Å². The summed E-state index contributed by atoms with van der Waals surface area (Å²) in [6.07, 6.45) is 1.65. The van der Waals surface area contributed by atoms with Gasteiger partial charge in [-0.25, -0.2) is 17.5 Å². The number of nitrogens with one attached hydrogen (secondary N) is 1. The maximum Gasteiger partial charge on any atom is 0.241 e. The van der Waals surface area contributed by atoms with Gasteiger partial charge in [0, 0.05) is 11.4 Å². The second kappa shape index (κ2) is 6.81. The van der Waals surface area contributed by atoms with Crippen molar-refractivity contribution < 1.29 is 12.8 Å². The zero-order valence-electron chi connectivity index (χ0n) is 11.3. The highest BCUT2D eigenvalue weighted by molar-refractivity contribution is 9.09. The summed E-state index contributed by atoms with van der Waals surface area (Å²) in [5, 5.41) is 0. The highest BCUT2D eigenvalue weighted by Crippen LogP contribution is 2.21. The van der Waals surface area contributed by atoms with Crippen molar-refractivity contribution in [1.29, 1.82) is 0 Å². The van der Waals surface area contributed by atoms with Gasteiger partial charge < -0.3 is 0 Å². The zero-order valence-corrected chi connectivity index (χ0v) is 13.7. The van der Waals surface area contributed by atoms with Gasteiger partial charge in [-0.2, -0.15) is 0 Å². The second-order valence-corrected chi connectivity index (χ2v) is 7.96. The average molecular weight is 352 g/mol. The number of alkyl halides is 1. The topological polar surface area (TPSA) is 46.2 Å². The van der Waals surface area contributed by atoms with Crippen LogP contribution < -0.4 is 4.72 Å². The van der Waals surface area contributed by atoms with Gasteiger partial charge in [-0.3, -0.25) is 0 Å². The number of hydrogen-bond donors (Lipinski definition) is 1. The summed E-state index contributed by atoms with van der Waals surface area (Å²) >= 11 is 3.41. The van der Waals surface area contributed by atoms with Crippen LogP contribution in [0.2, 0.25) is 0 Å². The van der Waals surface area contributed by atoms with Gasteiger partial charge in [-0.05, 0) is 49.9 Å². The molecule has 0 amide bonds. The van der Waals surface area contributed by atoms with Crippen LogP contribution in [0.15, 0.2) is 17.0 Å². The standard InChI is InChI=1S/C13H19BrFNO2S/c1-9-7-12(15)8-10(2)13(9)19(17,18)16-6-4-5-11(3)14/h7-8,11,16H,4-6H2,1-3H3. The molecule has 0 aliphatic rings. The molecule has 1 rings (SSSR count). The predicted molar refractivity (Wildman–Crippen MR) is 78.7 cm³/mol. The molecular formula is C13H19BrFNO2S. The Hall–Kier alpha value is -0.460. The smallest absolute Gasteiger partial charge is 0.211 e. The molecule has 0 aliphatic carbocycles. The third-order valence-corrected chi connectivity index (χ3v) is 4.99. The Bertz CT molecular complexity index is 521. The van der Waals surface area contributed by atoms with E-state index in [2.05, 4.69) is 20.7 Å². The van der Waals surface area contributed by atoms with Crippen LogP contribution in [0.25, 0.3) is 0 Å². The first kappa shape index (κ1) is 16.6. The molecule has 0 radical (unpaired) electrons. The summed E-state index contributed by atoms with van der Waals surface area (Å²) in [6.45, 7) is 5.60. The van der Waals surface area contributed by atoms with Crippen LogP contribution in [0.4, 0.5) is 4.39 Å². The van der Waals surface area contributed by atoms with E-state index < -0.39 is 15.8 Å². The van der Waals surface area contributed by atoms with Gasteiger partial charge in [0.2, 0.25) is 10.0 Å². The SMILES string of the molecule is Cc1cc(F)cc(C)c1S(=O)(=O)NCCCC(C)Br. The first-order valence-electron chi connectivity index (χ1n) is 6.14. The Kier molecular flexibility index (Phi) is 5.95. The first-order valence-corrected chi connectivity index (χ1v) is 8.54. The fourth-order valence-corrected chi connectivity index (χ4v) is 3.83. The van der Waals surface area contributed by atoms with Crippen molar-refractivity contribution in [3.05, 3.63) is 29.1 Å². The maximum absolute atomic E-state index is 13.2. The van der Waals surface area contributed by atoms with Crippen molar-refractivity contribution >= 4 is 26.0 Å². The minimum Gasteiger partial charge on any atom is -0.211 e. The third-order valence-electron chi connectivity index (χ3n) is 2.76. The number of benzene rings is 1. The Morgan fingerprint density at radius 2 is 1.84 bits per heavy atom. The van der Waals surface area contributed by atoms with Crippen molar-refractivity contribution in [3.63, 3.8) is 0 Å². The lowest BCUT2D eigenvalue weighted by atomic mass is 10.1. The van der Waals surface area contributed by atoms with E-state index in [9.17, 15) is 12.8 Å². The molecule has 6 heteroatoms. The van der Waals surface area contributed by atoms with E-state index in [0.29, 0.717) is 22.5 Å². The Balaban J connectivity index is 2.84. The molecule has 0 fully saturated rings. The molecule has 3 nitrogen and oxygen atoms in total. The van der Waals surface area contributed by atoms with Gasteiger partial charge in [0.1, 0.15) is 5.82 Å². The summed E-state index contributed by atoms with van der Waals surface area (Å²) in [5.74, 6) is -0.415. The largest absolute Gasteiger partial charge is 0.241 e. The summed E-state index contributed by atoms with van der Waals surface area (Å²) in [7, 11) is -3.57. The second-order valence-electron chi connectivity index (χ2n) is 4.69. The third kappa shape index (κ3) is 4.85. The predicted octanol–water partition coefficient (Wildman–Crippen LogP) is 3.28. The van der Waals surface area contributed by atoms with Crippen LogP contribution in [0.3, 0.4) is 0 Å². The molecule has 0 aromatic heterocycles. The molecule has 0 saturated heterocycles. The van der Waals surface area contributed by atoms with Crippen molar-refractivity contribution in [2.45, 2.75) is 43.3 Å². The van der Waals surface area contributed by atoms with Crippen LogP contribution >= 0.6 is 15.9 Å². The van der Waals surface area contributed by atoms with Crippen LogP contribution in [-0.2, 0) is 10.0 Å². The fourth-order valence-electron chi connectivity index (χ4n) is 1.98. The highest BCUT2D eigenvalue weighted by Gasteiger charge is 2.19. The van der Waals surface area contributed by atoms with E-state index in [1.807, 2.05) is 6.92 Å². The number of halogens is 2. The van der Waals surface area contributed by atoms with Crippen molar-refractivity contribution in [1.82, 2.24) is 4.72 Å². The number of aryl methyl sites for hydroxylation is 2. The van der Waals surface area contributed by atoms with Gasteiger partial charge in [-0.15, -0.1) is 0 Å². The van der Waals surface area contributed by atoms with E-state index in [1.54, 1.807) is 13.8 Å². The fraction of sp³-hybridized carbons (Fsp3) is 0.538. The molecule has 1 N–H and O–H groups in total. The maximum atomic E-state index is 13.2. The Morgan fingerprint density at radius 3 is 2.32 bits per heavy atom. The molecule has 1 aromatic rings. The lowest BCUT2D eigenvalue weighted by Crippen LogP contribution is -2.26. The number of hydrogen-bond acceptors (Lipinski definition) is 2. The lowest BCUT2D eigenvalue weighted by molar-refractivity contribution is 0.574. The molecule has 0 spiro atoms. The van der Waals surface area contributed by atoms with Crippen molar-refractivity contribution in [2.24, 2.45) is 0 Å². The summed E-state index contributed by atoms with van der Waals surface area (Å²) < 4.78 is 40.1. The molecule has 108 valence electrons. The van der Waals surface area contributed by atoms with Crippen molar-refractivity contribution in [2.75, 3.05) is 6.54 Å². The van der Waals surface area contributed by atoms with Gasteiger partial charge in [0.15, 0.2) is 0 Å². The minimum atomic E-state index is -3.57. The van der Waals surface area contributed by atoms with Gasteiger partial charge in [-0.1, -0.05) is 22.9 Å². The zero-order chi connectivity index (χ0) is 14.6. The summed E-state index contributed by atoms with van der Waals surface area (Å²) in [5.41, 5.74) is 0.859. The molecule has 1 atom stereocenters. The highest BCUT2D eigenvalue weighted by atomic mass is 79.9. The Labute approximate surface area is 122 Å². The van der Waals surface area contributed by atoms with E-state index >= 15 is 0 Å². The molecule has 1 unspecified atom stereocenters. The van der Waals surface area contributed by atoms with Crippen LogP contribution in [0, 0.1) is 19.7 Å². The van der Waals surface area contributed by atoms with Gasteiger partial charge >= 0.3 is 0 Å². The summed E-state index contributed by atoms with van der Waals surface area (Å²) in [4.78, 5) is 0.548. The summed E-state index contributed by atoms with van der Waals surface area (Å²) in [6, 6.07) is 2.48. The van der Waals surface area contributed by atoms with Gasteiger partial charge in [0.05, 0.1) is 4.90 Å². The molecular weight excluding hydrogens is 333 g/mol. The molecule has 1 aromatic carbocycles.